The predicted octanol–water partition coefficient (Wildman–Crippen LogP) is 12.4. The van der Waals surface area contributed by atoms with Gasteiger partial charge in [-0.3, -0.25) is 4.79 Å². The van der Waals surface area contributed by atoms with Gasteiger partial charge >= 0.3 is 5.97 Å². The maximum Gasteiger partial charge on any atom is 0.306 e. The summed E-state index contributed by atoms with van der Waals surface area (Å²) in [7, 11) is 0. The zero-order chi connectivity index (χ0) is 31.3. The van der Waals surface area contributed by atoms with E-state index in [0.29, 0.717) is 19.6 Å². The van der Waals surface area contributed by atoms with Gasteiger partial charge in [0.05, 0.1) is 13.2 Å². The van der Waals surface area contributed by atoms with Crippen molar-refractivity contribution in [1.82, 2.24) is 0 Å². The van der Waals surface area contributed by atoms with Crippen LogP contribution in [0.15, 0.2) is 0 Å². The van der Waals surface area contributed by atoms with Crippen LogP contribution in [0.3, 0.4) is 0 Å². The van der Waals surface area contributed by atoms with E-state index in [1.54, 1.807) is 0 Å². The minimum absolute atomic E-state index is 0.163. The van der Waals surface area contributed by atoms with Gasteiger partial charge in [0.25, 0.3) is 0 Å². The zero-order valence-corrected chi connectivity index (χ0v) is 29.5. The molecule has 0 heterocycles. The molecule has 0 aliphatic carbocycles. The number of carbonyl (C=O) groups excluding carboxylic acids is 1. The number of aliphatic hydroxyl groups is 1. The Morgan fingerprint density at radius 2 is 0.767 bits per heavy atom. The molecule has 0 saturated carbocycles. The van der Waals surface area contributed by atoms with Gasteiger partial charge in [0.15, 0.2) is 0 Å². The fourth-order valence-corrected chi connectivity index (χ4v) is 5.98. The number of ether oxygens (including phenoxy) is 2. The first-order chi connectivity index (χ1) is 21.2. The molecule has 0 bridgehead atoms. The van der Waals surface area contributed by atoms with Gasteiger partial charge in [-0.2, -0.15) is 0 Å². The van der Waals surface area contributed by atoms with Crippen LogP contribution >= 0.6 is 0 Å². The fourth-order valence-electron chi connectivity index (χ4n) is 5.98. The average molecular weight is 611 g/mol. The second-order valence-electron chi connectivity index (χ2n) is 13.4. The molecule has 43 heavy (non-hydrogen) atoms. The summed E-state index contributed by atoms with van der Waals surface area (Å²) < 4.78 is 11.1. The summed E-state index contributed by atoms with van der Waals surface area (Å²) in [5, 5.41) is 9.56. The van der Waals surface area contributed by atoms with Gasteiger partial charge < -0.3 is 14.6 Å². The summed E-state index contributed by atoms with van der Waals surface area (Å²) in [6.07, 6.45) is 41.5. The highest BCUT2D eigenvalue weighted by Crippen LogP contribution is 2.15. The average Bonchev–Trinajstić information content (AvgIpc) is 3.01. The molecule has 4 nitrogen and oxygen atoms in total. The van der Waals surface area contributed by atoms with E-state index in [0.717, 1.165) is 19.3 Å². The minimum Gasteiger partial charge on any atom is -0.457 e. The van der Waals surface area contributed by atoms with E-state index < -0.39 is 6.10 Å². The molecule has 4 heteroatoms. The second-order valence-corrected chi connectivity index (χ2v) is 13.4. The third-order valence-electron chi connectivity index (χ3n) is 8.93. The molecule has 0 aliphatic heterocycles. The molecule has 0 spiro atoms. The Hall–Kier alpha value is -0.610. The van der Waals surface area contributed by atoms with Crippen LogP contribution in [0.25, 0.3) is 0 Å². The lowest BCUT2D eigenvalue weighted by Gasteiger charge is -2.16. The van der Waals surface area contributed by atoms with Gasteiger partial charge in [-0.1, -0.05) is 200 Å². The Bertz CT molecular complexity index is 523. The second kappa shape index (κ2) is 37.6. The molecule has 0 aromatic carbocycles. The summed E-state index contributed by atoms with van der Waals surface area (Å²) >= 11 is 0. The van der Waals surface area contributed by atoms with E-state index in [1.807, 2.05) is 0 Å². The number of unbranched alkanes of at least 4 members (excludes halogenated alkanes) is 29. The first-order valence-electron chi connectivity index (χ1n) is 19.6. The maximum atomic E-state index is 12.2. The minimum atomic E-state index is -0.523. The monoisotopic (exact) mass is 611 g/mol. The third-order valence-corrected chi connectivity index (χ3v) is 8.93. The lowest BCUT2D eigenvalue weighted by Crippen LogP contribution is -2.27. The quantitative estimate of drug-likeness (QED) is 0.0561. The largest absolute Gasteiger partial charge is 0.457 e. The van der Waals surface area contributed by atoms with Gasteiger partial charge in [0.2, 0.25) is 0 Å². The zero-order valence-electron chi connectivity index (χ0n) is 29.5. The van der Waals surface area contributed by atoms with Crippen molar-refractivity contribution >= 4 is 5.97 Å². The van der Waals surface area contributed by atoms with Crippen LogP contribution in [0.2, 0.25) is 0 Å². The molecule has 1 atom stereocenters. The van der Waals surface area contributed by atoms with Crippen molar-refractivity contribution < 1.29 is 19.4 Å². The highest BCUT2D eigenvalue weighted by Gasteiger charge is 2.13. The Morgan fingerprint density at radius 1 is 0.465 bits per heavy atom. The van der Waals surface area contributed by atoms with E-state index in [9.17, 15) is 9.90 Å². The molecular weight excluding hydrogens is 532 g/mol. The van der Waals surface area contributed by atoms with Crippen LogP contribution in [0, 0.1) is 0 Å². The number of aliphatic hydroxyl groups excluding tert-OH is 1. The first kappa shape index (κ1) is 42.4. The van der Waals surface area contributed by atoms with Crippen molar-refractivity contribution in [3.8, 4) is 0 Å². The van der Waals surface area contributed by atoms with Gasteiger partial charge in [-0.15, -0.1) is 0 Å². The molecule has 258 valence electrons. The Balaban J connectivity index is 3.36. The molecular formula is C39H78O4. The van der Waals surface area contributed by atoms with E-state index in [1.165, 1.54) is 180 Å². The summed E-state index contributed by atoms with van der Waals surface area (Å²) in [5.74, 6) is -0.194. The summed E-state index contributed by atoms with van der Waals surface area (Å²) in [6, 6.07) is 0. The van der Waals surface area contributed by atoms with Crippen LogP contribution in [-0.2, 0) is 14.3 Å². The molecule has 0 rings (SSSR count). The van der Waals surface area contributed by atoms with Crippen LogP contribution in [-0.4, -0.2) is 37.0 Å². The van der Waals surface area contributed by atoms with Crippen molar-refractivity contribution in [3.63, 3.8) is 0 Å². The molecule has 0 fully saturated rings. The van der Waals surface area contributed by atoms with Gasteiger partial charge in [-0.25, -0.2) is 0 Å². The molecule has 0 amide bonds. The summed E-state index contributed by atoms with van der Waals surface area (Å²) in [6.45, 7) is 5.39. The topological polar surface area (TPSA) is 55.8 Å². The molecule has 0 aromatic heterocycles. The van der Waals surface area contributed by atoms with Crippen LogP contribution in [0.5, 0.6) is 0 Å². The lowest BCUT2D eigenvalue weighted by molar-refractivity contribution is -0.154. The van der Waals surface area contributed by atoms with E-state index in [4.69, 9.17) is 9.47 Å². The van der Waals surface area contributed by atoms with Gasteiger partial charge in [-0.05, 0) is 12.8 Å². The molecule has 0 aliphatic rings. The fraction of sp³-hybridized carbons (Fsp3) is 0.974. The van der Waals surface area contributed by atoms with Gasteiger partial charge in [0.1, 0.15) is 6.10 Å². The Labute approximate surface area is 270 Å². The standard InChI is InChI=1S/C39H78O4/c1-3-5-7-9-11-13-15-17-18-19-20-21-22-23-24-26-28-30-32-34-39(41)43-38(36-40)37-42-35-33-31-29-27-25-16-14-12-10-8-6-4-2/h38,40H,3-37H2,1-2H3. The molecule has 0 radical (unpaired) electrons. The van der Waals surface area contributed by atoms with Crippen molar-refractivity contribution in [2.24, 2.45) is 0 Å². The molecule has 1 N–H and O–H groups in total. The van der Waals surface area contributed by atoms with Crippen LogP contribution in [0.4, 0.5) is 0 Å². The van der Waals surface area contributed by atoms with Crippen molar-refractivity contribution in [3.05, 3.63) is 0 Å². The summed E-state index contributed by atoms with van der Waals surface area (Å²) in [4.78, 5) is 12.2. The lowest BCUT2D eigenvalue weighted by atomic mass is 10.0. The van der Waals surface area contributed by atoms with Crippen LogP contribution in [0.1, 0.15) is 219 Å². The molecule has 1 unspecified atom stereocenters. The van der Waals surface area contributed by atoms with Crippen molar-refractivity contribution in [2.45, 2.75) is 225 Å². The SMILES string of the molecule is CCCCCCCCCCCCCCCCCCCCCC(=O)OC(CO)COCCCCCCCCCCCCCC. The molecule has 0 aromatic rings. The number of hydrogen-bond acceptors (Lipinski definition) is 4. The normalized spacial score (nSPS) is 12.2. The third kappa shape index (κ3) is 35.7. The van der Waals surface area contributed by atoms with Gasteiger partial charge in [0, 0.05) is 13.0 Å². The number of rotatable bonds is 37. The van der Waals surface area contributed by atoms with Crippen molar-refractivity contribution in [2.75, 3.05) is 19.8 Å². The maximum absolute atomic E-state index is 12.2. The van der Waals surface area contributed by atoms with E-state index in [-0.39, 0.29) is 12.6 Å². The van der Waals surface area contributed by atoms with E-state index in [2.05, 4.69) is 13.8 Å². The predicted molar refractivity (Wildman–Crippen MR) is 187 cm³/mol. The summed E-state index contributed by atoms with van der Waals surface area (Å²) in [5.41, 5.74) is 0. The van der Waals surface area contributed by atoms with E-state index >= 15 is 0 Å². The first-order valence-corrected chi connectivity index (χ1v) is 19.6. The Morgan fingerprint density at radius 3 is 1.09 bits per heavy atom. The van der Waals surface area contributed by atoms with Crippen molar-refractivity contribution in [1.29, 1.82) is 0 Å². The highest BCUT2D eigenvalue weighted by atomic mass is 16.6. The number of hydrogen-bond donors (Lipinski definition) is 1. The number of esters is 1. The number of carbonyl (C=O) groups is 1. The smallest absolute Gasteiger partial charge is 0.306 e. The Kier molecular flexibility index (Phi) is 37.0. The molecule has 0 saturated heterocycles. The van der Waals surface area contributed by atoms with Crippen LogP contribution < -0.4 is 0 Å². The highest BCUT2D eigenvalue weighted by molar-refractivity contribution is 5.69.